The molecule has 3 aromatic rings. The lowest BCUT2D eigenvalue weighted by atomic mass is 9.91. The molecule has 2 aromatic carbocycles. The van der Waals surface area contributed by atoms with E-state index >= 15 is 0 Å². The van der Waals surface area contributed by atoms with Crippen LogP contribution in [0.15, 0.2) is 82.4 Å². The second kappa shape index (κ2) is 14.1. The maximum absolute atomic E-state index is 14.1. The van der Waals surface area contributed by atoms with Crippen molar-refractivity contribution in [3.8, 4) is 11.3 Å². The Morgan fingerprint density at radius 2 is 1.87 bits per heavy atom. The monoisotopic (exact) mass is 616 g/mol. The van der Waals surface area contributed by atoms with Gasteiger partial charge in [-0.1, -0.05) is 48.5 Å². The van der Waals surface area contributed by atoms with Crippen LogP contribution < -0.4 is 11.1 Å². The van der Waals surface area contributed by atoms with Gasteiger partial charge >= 0.3 is 5.97 Å². The van der Waals surface area contributed by atoms with Crippen LogP contribution in [0.4, 0.5) is 0 Å². The number of methoxy groups -OCH3 is 1. The predicted octanol–water partition coefficient (Wildman–Crippen LogP) is 3.26. The number of hydrogen-bond acceptors (Lipinski definition) is 9. The summed E-state index contributed by atoms with van der Waals surface area (Å²) in [7, 11) is 1.32. The maximum atomic E-state index is 14.1. The smallest absolute Gasteiger partial charge is 0.337 e. The number of nitrogens with one attached hydrogen (secondary N) is 1. The molecule has 11 nitrogen and oxygen atoms in total. The molecule has 1 aromatic heterocycles. The van der Waals surface area contributed by atoms with Crippen molar-refractivity contribution in [3.05, 3.63) is 84.1 Å². The van der Waals surface area contributed by atoms with Crippen molar-refractivity contribution < 1.29 is 33.0 Å². The minimum absolute atomic E-state index is 0.0278. The van der Waals surface area contributed by atoms with E-state index in [1.54, 1.807) is 25.0 Å². The van der Waals surface area contributed by atoms with Gasteiger partial charge in [-0.05, 0) is 56.0 Å². The number of furan rings is 1. The van der Waals surface area contributed by atoms with Crippen molar-refractivity contribution >= 4 is 23.7 Å². The quantitative estimate of drug-likeness (QED) is 0.295. The van der Waals surface area contributed by atoms with E-state index in [0.717, 1.165) is 16.7 Å². The fraction of sp³-hybridized carbons (Fsp3) is 0.412. The Morgan fingerprint density at radius 3 is 2.58 bits per heavy atom. The van der Waals surface area contributed by atoms with Gasteiger partial charge in [-0.2, -0.15) is 0 Å². The third-order valence-electron chi connectivity index (χ3n) is 8.20. The lowest BCUT2D eigenvalue weighted by molar-refractivity contribution is -0.147. The average Bonchev–Trinajstić information content (AvgIpc) is 3.84. The van der Waals surface area contributed by atoms with E-state index in [0.29, 0.717) is 31.0 Å². The van der Waals surface area contributed by atoms with E-state index in [-0.39, 0.29) is 25.5 Å². The third kappa shape index (κ3) is 7.26. The molecule has 3 heterocycles. The summed E-state index contributed by atoms with van der Waals surface area (Å²) in [6.07, 6.45) is 2.46. The van der Waals surface area contributed by atoms with E-state index < -0.39 is 41.6 Å². The number of hydrogen-bond donors (Lipinski definition) is 2. The molecule has 11 heteroatoms. The van der Waals surface area contributed by atoms with Crippen LogP contribution in [-0.4, -0.2) is 78.6 Å². The molecule has 1 fully saturated rings. The first-order valence-electron chi connectivity index (χ1n) is 15.2. The Morgan fingerprint density at radius 1 is 1.09 bits per heavy atom. The summed E-state index contributed by atoms with van der Waals surface area (Å²) in [6, 6.07) is 18.6. The molecule has 2 aliphatic rings. The van der Waals surface area contributed by atoms with Crippen molar-refractivity contribution in [1.82, 2.24) is 10.2 Å². The van der Waals surface area contributed by atoms with Crippen LogP contribution in [0.5, 0.6) is 0 Å². The summed E-state index contributed by atoms with van der Waals surface area (Å²) in [5.41, 5.74) is 7.18. The number of nitrogens with zero attached hydrogens (tertiary/aromatic N) is 2. The number of benzene rings is 2. The normalized spacial score (nSPS) is 21.4. The van der Waals surface area contributed by atoms with Crippen LogP contribution in [0.3, 0.4) is 0 Å². The van der Waals surface area contributed by atoms with Crippen LogP contribution >= 0.6 is 0 Å². The molecule has 5 atom stereocenters. The van der Waals surface area contributed by atoms with Crippen molar-refractivity contribution in [2.24, 2.45) is 10.7 Å². The summed E-state index contributed by atoms with van der Waals surface area (Å²) in [5.74, 6) is -0.316. The van der Waals surface area contributed by atoms with Crippen LogP contribution in [0, 0.1) is 0 Å². The second-order valence-corrected chi connectivity index (χ2v) is 11.6. The number of likely N-dealkylation sites (tertiary alicyclic amines) is 1. The number of rotatable bonds is 12. The SMILES string of the molecule is COC(=O)[C@@]1(Cc2cccc(-c3ccco3)c2)COC([C@@H]2CCCN2C(=O)[C@@H](NC(=O)[C@H](C)N)C(C)OCc2ccccc2)=N1. The molecule has 0 spiro atoms. The standard InChI is InChI=1S/C34H40N4O7/c1-22(35)30(39)36-29(23(2)44-20-24-10-5-4-6-11-24)32(40)38-16-8-14-27(38)31-37-34(21-45-31,33(41)42-3)19-25-12-7-13-26(18-25)28-15-9-17-43-28/h4-7,9-13,15,17-18,22-23,27,29H,8,14,16,19-21,35H2,1-3H3,(H,36,39)/t22-,23?,27-,29-,34+/m0/s1. The summed E-state index contributed by atoms with van der Waals surface area (Å²) in [4.78, 5) is 46.5. The number of ether oxygens (including phenoxy) is 3. The van der Waals surface area contributed by atoms with E-state index in [2.05, 4.69) is 5.32 Å². The van der Waals surface area contributed by atoms with Gasteiger partial charge in [0.2, 0.25) is 17.7 Å². The van der Waals surface area contributed by atoms with E-state index in [1.807, 2.05) is 66.7 Å². The molecule has 5 rings (SSSR count). The highest BCUT2D eigenvalue weighted by atomic mass is 16.5. The first kappa shape index (κ1) is 31.9. The molecule has 238 valence electrons. The Kier molecular flexibility index (Phi) is 9.99. The van der Waals surface area contributed by atoms with Gasteiger partial charge in [-0.25, -0.2) is 9.79 Å². The molecule has 1 unspecified atom stereocenters. The van der Waals surface area contributed by atoms with Gasteiger partial charge in [0.25, 0.3) is 0 Å². The van der Waals surface area contributed by atoms with Crippen molar-refractivity contribution in [2.75, 3.05) is 20.3 Å². The number of aliphatic imine (C=N–C) groups is 1. The molecule has 2 aliphatic heterocycles. The molecule has 45 heavy (non-hydrogen) atoms. The molecular weight excluding hydrogens is 576 g/mol. The van der Waals surface area contributed by atoms with Gasteiger partial charge in [0.15, 0.2) is 5.54 Å². The summed E-state index contributed by atoms with van der Waals surface area (Å²) in [6.45, 7) is 3.98. The van der Waals surface area contributed by atoms with Crippen molar-refractivity contribution in [3.63, 3.8) is 0 Å². The number of carbonyl (C=O) groups is 3. The summed E-state index contributed by atoms with van der Waals surface area (Å²) < 4.78 is 22.9. The van der Waals surface area contributed by atoms with E-state index in [9.17, 15) is 14.4 Å². The number of esters is 1. The topological polar surface area (TPSA) is 146 Å². The molecule has 1 saturated heterocycles. The van der Waals surface area contributed by atoms with Gasteiger partial charge in [0.05, 0.1) is 32.1 Å². The zero-order valence-electron chi connectivity index (χ0n) is 25.8. The number of nitrogens with two attached hydrogens (primary N) is 1. The molecule has 0 saturated carbocycles. The van der Waals surface area contributed by atoms with Gasteiger partial charge in [0, 0.05) is 18.5 Å². The molecular formula is C34H40N4O7. The minimum Gasteiger partial charge on any atom is -0.476 e. The predicted molar refractivity (Wildman–Crippen MR) is 167 cm³/mol. The first-order valence-corrected chi connectivity index (χ1v) is 15.2. The molecule has 2 amide bonds. The number of amides is 2. The number of carbonyl (C=O) groups excluding carboxylic acids is 3. The Hall–Kier alpha value is -4.48. The van der Waals surface area contributed by atoms with Crippen molar-refractivity contribution in [2.45, 2.75) is 69.5 Å². The minimum atomic E-state index is -1.32. The van der Waals surface area contributed by atoms with Crippen LogP contribution in [0.2, 0.25) is 0 Å². The van der Waals surface area contributed by atoms with Gasteiger partial charge in [0.1, 0.15) is 24.5 Å². The highest BCUT2D eigenvalue weighted by molar-refractivity contribution is 5.96. The Balaban J connectivity index is 1.37. The Bertz CT molecular complexity index is 1510. The highest BCUT2D eigenvalue weighted by Crippen LogP contribution is 2.32. The highest BCUT2D eigenvalue weighted by Gasteiger charge is 2.49. The van der Waals surface area contributed by atoms with Crippen LogP contribution in [0.1, 0.15) is 37.8 Å². The zero-order valence-corrected chi connectivity index (χ0v) is 25.8. The third-order valence-corrected chi connectivity index (χ3v) is 8.20. The molecule has 0 bridgehead atoms. The van der Waals surface area contributed by atoms with E-state index in [4.69, 9.17) is 29.4 Å². The second-order valence-electron chi connectivity index (χ2n) is 11.6. The molecule has 3 N–H and O–H groups in total. The largest absolute Gasteiger partial charge is 0.476 e. The Labute approximate surface area is 262 Å². The van der Waals surface area contributed by atoms with Crippen LogP contribution in [-0.2, 0) is 41.6 Å². The lowest BCUT2D eigenvalue weighted by Crippen LogP contribution is -2.58. The molecule has 0 radical (unpaired) electrons. The fourth-order valence-electron chi connectivity index (χ4n) is 5.74. The van der Waals surface area contributed by atoms with E-state index in [1.165, 1.54) is 7.11 Å². The van der Waals surface area contributed by atoms with Crippen molar-refractivity contribution in [1.29, 1.82) is 0 Å². The molecule has 0 aliphatic carbocycles. The average molecular weight is 617 g/mol. The summed E-state index contributed by atoms with van der Waals surface area (Å²) in [5, 5.41) is 2.79. The van der Waals surface area contributed by atoms with Gasteiger partial charge in [-0.15, -0.1) is 0 Å². The van der Waals surface area contributed by atoms with Gasteiger partial charge in [-0.3, -0.25) is 9.59 Å². The lowest BCUT2D eigenvalue weighted by Gasteiger charge is -2.32. The summed E-state index contributed by atoms with van der Waals surface area (Å²) >= 11 is 0. The van der Waals surface area contributed by atoms with Gasteiger partial charge < -0.3 is 34.6 Å². The first-order chi connectivity index (χ1) is 21.7. The fourth-order valence-corrected chi connectivity index (χ4v) is 5.74. The zero-order chi connectivity index (χ0) is 32.0. The maximum Gasteiger partial charge on any atom is 0.337 e. The van der Waals surface area contributed by atoms with Crippen LogP contribution in [0.25, 0.3) is 11.3 Å².